The quantitative estimate of drug-likeness (QED) is 0.480. The summed E-state index contributed by atoms with van der Waals surface area (Å²) in [6.45, 7) is 1.79. The van der Waals surface area contributed by atoms with E-state index in [4.69, 9.17) is 4.74 Å². The number of anilines is 1. The van der Waals surface area contributed by atoms with Gasteiger partial charge in [-0.1, -0.05) is 12.1 Å². The Bertz CT molecular complexity index is 856. The van der Waals surface area contributed by atoms with E-state index >= 15 is 0 Å². The Morgan fingerprint density at radius 2 is 2.11 bits per heavy atom. The normalized spacial score (nSPS) is 24.8. The van der Waals surface area contributed by atoms with E-state index in [0.29, 0.717) is 25.0 Å². The van der Waals surface area contributed by atoms with E-state index < -0.39 is 0 Å². The van der Waals surface area contributed by atoms with Gasteiger partial charge in [-0.05, 0) is 45.3 Å². The number of rotatable bonds is 8. The molecule has 0 bridgehead atoms. The molecule has 0 radical (unpaired) electrons. The van der Waals surface area contributed by atoms with Gasteiger partial charge in [0.2, 0.25) is 11.8 Å². The number of carbonyl (C=O) groups excluding carboxylic acids is 2. The average molecular weight is 384 g/mol. The molecule has 3 N–H and O–H groups in total. The van der Waals surface area contributed by atoms with E-state index in [1.807, 2.05) is 30.1 Å². The third kappa shape index (κ3) is 4.05. The minimum absolute atomic E-state index is 0.187. The van der Waals surface area contributed by atoms with Crippen LogP contribution in [0, 0.1) is 0 Å². The predicted octanol–water partition coefficient (Wildman–Crippen LogP) is 2.19. The highest BCUT2D eigenvalue weighted by atomic mass is 16.5. The standard InChI is InChI=1S/C21H28N4O3/c1-22-8-3-9-28-16-10-15(11-16)23-18-5-2-4-14-12-25(13-17(14)18)19-6-7-20(26)24-21(19)27/h2,4-5,12-13,15-16,19,22-23H,3,6-11H2,1H3,(H,24,26,27). The zero-order chi connectivity index (χ0) is 19.5. The van der Waals surface area contributed by atoms with Gasteiger partial charge in [0.1, 0.15) is 6.04 Å². The first-order valence-corrected chi connectivity index (χ1v) is 10.1. The zero-order valence-corrected chi connectivity index (χ0v) is 16.2. The fraction of sp³-hybridized carbons (Fsp3) is 0.524. The molecule has 7 nitrogen and oxygen atoms in total. The van der Waals surface area contributed by atoms with Crippen LogP contribution in [0.4, 0.5) is 5.69 Å². The first-order valence-electron chi connectivity index (χ1n) is 10.1. The number of amides is 2. The molecule has 1 saturated carbocycles. The number of ether oxygens (including phenoxy) is 1. The summed E-state index contributed by atoms with van der Waals surface area (Å²) < 4.78 is 7.82. The predicted molar refractivity (Wildman–Crippen MR) is 108 cm³/mol. The van der Waals surface area contributed by atoms with Crippen molar-refractivity contribution in [1.29, 1.82) is 0 Å². The fourth-order valence-electron chi connectivity index (χ4n) is 4.00. The van der Waals surface area contributed by atoms with Crippen LogP contribution in [0.5, 0.6) is 0 Å². The van der Waals surface area contributed by atoms with Crippen molar-refractivity contribution in [2.45, 2.75) is 50.3 Å². The summed E-state index contributed by atoms with van der Waals surface area (Å²) in [6, 6.07) is 6.26. The van der Waals surface area contributed by atoms with Crippen LogP contribution in [0.15, 0.2) is 30.6 Å². The van der Waals surface area contributed by atoms with Crippen LogP contribution < -0.4 is 16.0 Å². The number of nitrogens with zero attached hydrogens (tertiary/aromatic N) is 1. The molecule has 7 heteroatoms. The maximum atomic E-state index is 12.2. The number of carbonyl (C=O) groups is 2. The monoisotopic (exact) mass is 384 g/mol. The molecule has 1 aromatic carbocycles. The maximum absolute atomic E-state index is 12.2. The van der Waals surface area contributed by atoms with Gasteiger partial charge in [0.25, 0.3) is 0 Å². The third-order valence-electron chi connectivity index (χ3n) is 5.66. The highest BCUT2D eigenvalue weighted by Gasteiger charge is 2.31. The topological polar surface area (TPSA) is 84.4 Å². The van der Waals surface area contributed by atoms with Gasteiger partial charge >= 0.3 is 0 Å². The molecule has 2 aliphatic rings. The molecule has 1 unspecified atom stereocenters. The van der Waals surface area contributed by atoms with E-state index in [9.17, 15) is 9.59 Å². The van der Waals surface area contributed by atoms with Crippen molar-refractivity contribution in [3.05, 3.63) is 30.6 Å². The van der Waals surface area contributed by atoms with Crippen molar-refractivity contribution in [3.63, 3.8) is 0 Å². The van der Waals surface area contributed by atoms with Gasteiger partial charge in [0.05, 0.1) is 6.10 Å². The molecule has 2 fully saturated rings. The molecule has 4 rings (SSSR count). The molecular weight excluding hydrogens is 356 g/mol. The summed E-state index contributed by atoms with van der Waals surface area (Å²) in [5.41, 5.74) is 1.09. The minimum atomic E-state index is -0.322. The Morgan fingerprint density at radius 3 is 2.89 bits per heavy atom. The largest absolute Gasteiger partial charge is 0.382 e. The van der Waals surface area contributed by atoms with Gasteiger partial charge in [-0.3, -0.25) is 14.9 Å². The van der Waals surface area contributed by atoms with Crippen molar-refractivity contribution in [2.75, 3.05) is 25.5 Å². The lowest BCUT2D eigenvalue weighted by atomic mass is 9.89. The fourth-order valence-corrected chi connectivity index (χ4v) is 4.00. The molecular formula is C21H28N4O3. The zero-order valence-electron chi connectivity index (χ0n) is 16.2. The van der Waals surface area contributed by atoms with Gasteiger partial charge in [0.15, 0.2) is 0 Å². The molecule has 1 saturated heterocycles. The van der Waals surface area contributed by atoms with E-state index in [1.54, 1.807) is 0 Å². The Balaban J connectivity index is 1.38. The molecule has 1 aromatic heterocycles. The van der Waals surface area contributed by atoms with Crippen LogP contribution in [0.2, 0.25) is 0 Å². The van der Waals surface area contributed by atoms with Crippen LogP contribution >= 0.6 is 0 Å². The minimum Gasteiger partial charge on any atom is -0.382 e. The number of piperidine rings is 1. The summed E-state index contributed by atoms with van der Waals surface area (Å²) in [5.74, 6) is -0.406. The smallest absolute Gasteiger partial charge is 0.249 e. The second-order valence-electron chi connectivity index (χ2n) is 7.74. The lowest BCUT2D eigenvalue weighted by Crippen LogP contribution is -2.41. The molecule has 2 amide bonds. The van der Waals surface area contributed by atoms with Crippen molar-refractivity contribution in [2.24, 2.45) is 0 Å². The first kappa shape index (κ1) is 19.0. The summed E-state index contributed by atoms with van der Waals surface area (Å²) in [7, 11) is 1.96. The number of aromatic nitrogens is 1. The first-order chi connectivity index (χ1) is 13.6. The third-order valence-corrected chi connectivity index (χ3v) is 5.66. The van der Waals surface area contributed by atoms with Crippen LogP contribution in [0.25, 0.3) is 10.8 Å². The Labute approximate surface area is 164 Å². The molecule has 1 aliphatic heterocycles. The van der Waals surface area contributed by atoms with E-state index in [-0.39, 0.29) is 17.9 Å². The number of fused-ring (bicyclic) bond motifs is 1. The molecule has 1 atom stereocenters. The van der Waals surface area contributed by atoms with Crippen LogP contribution in [-0.4, -0.2) is 48.7 Å². The highest BCUT2D eigenvalue weighted by molar-refractivity contribution is 6.00. The molecule has 28 heavy (non-hydrogen) atoms. The molecule has 2 aromatic rings. The van der Waals surface area contributed by atoms with Gasteiger partial charge in [-0.15, -0.1) is 0 Å². The Morgan fingerprint density at radius 1 is 1.25 bits per heavy atom. The highest BCUT2D eigenvalue weighted by Crippen LogP contribution is 2.32. The van der Waals surface area contributed by atoms with Crippen LogP contribution in [0.3, 0.4) is 0 Å². The lowest BCUT2D eigenvalue weighted by molar-refractivity contribution is -0.135. The summed E-state index contributed by atoms with van der Waals surface area (Å²) in [5, 5.41) is 11.4. The SMILES string of the molecule is CNCCCOC1CC(Nc2cccc3cn(C4CCC(=O)NC4=O)cc23)C1. The van der Waals surface area contributed by atoms with Gasteiger partial charge < -0.3 is 19.9 Å². The molecule has 0 spiro atoms. The van der Waals surface area contributed by atoms with Gasteiger partial charge in [-0.2, -0.15) is 0 Å². The van der Waals surface area contributed by atoms with Crippen molar-refractivity contribution >= 4 is 28.3 Å². The van der Waals surface area contributed by atoms with Crippen molar-refractivity contribution < 1.29 is 14.3 Å². The van der Waals surface area contributed by atoms with Crippen molar-refractivity contribution in [1.82, 2.24) is 15.2 Å². The molecule has 1 aliphatic carbocycles. The number of benzene rings is 1. The van der Waals surface area contributed by atoms with E-state index in [2.05, 4.69) is 28.1 Å². The Kier molecular flexibility index (Phi) is 5.64. The number of imide groups is 1. The van der Waals surface area contributed by atoms with Crippen molar-refractivity contribution in [3.8, 4) is 0 Å². The van der Waals surface area contributed by atoms with Crippen LogP contribution in [0.1, 0.15) is 38.1 Å². The number of hydrogen-bond donors (Lipinski definition) is 3. The maximum Gasteiger partial charge on any atom is 0.249 e. The average Bonchev–Trinajstić information content (AvgIpc) is 3.07. The van der Waals surface area contributed by atoms with Crippen LogP contribution in [-0.2, 0) is 14.3 Å². The Hall–Kier alpha value is -2.38. The number of hydrogen-bond acceptors (Lipinski definition) is 5. The summed E-state index contributed by atoms with van der Waals surface area (Å²) in [4.78, 5) is 23.6. The molecule has 2 heterocycles. The van der Waals surface area contributed by atoms with E-state index in [0.717, 1.165) is 48.9 Å². The second kappa shape index (κ2) is 8.32. The second-order valence-corrected chi connectivity index (χ2v) is 7.74. The van der Waals surface area contributed by atoms with E-state index in [1.165, 1.54) is 0 Å². The van der Waals surface area contributed by atoms with Gasteiger partial charge in [-0.25, -0.2) is 0 Å². The molecule has 150 valence electrons. The summed E-state index contributed by atoms with van der Waals surface area (Å²) in [6.07, 6.45) is 8.36. The summed E-state index contributed by atoms with van der Waals surface area (Å²) >= 11 is 0. The number of nitrogens with one attached hydrogen (secondary N) is 3. The van der Waals surface area contributed by atoms with Gasteiger partial charge in [0, 0.05) is 47.9 Å². The lowest BCUT2D eigenvalue weighted by Gasteiger charge is -2.36.